The van der Waals surface area contributed by atoms with E-state index in [-0.39, 0.29) is 35.7 Å². The average molecular weight is 339 g/mol. The highest BCUT2D eigenvalue weighted by Crippen LogP contribution is 2.23. The minimum atomic E-state index is -3.47. The van der Waals surface area contributed by atoms with Crippen molar-refractivity contribution in [2.24, 2.45) is 0 Å². The zero-order valence-corrected chi connectivity index (χ0v) is 14.1. The van der Waals surface area contributed by atoms with Gasteiger partial charge in [0.1, 0.15) is 5.75 Å². The lowest BCUT2D eigenvalue weighted by atomic mass is 10.1. The van der Waals surface area contributed by atoms with Gasteiger partial charge < -0.3 is 10.1 Å². The van der Waals surface area contributed by atoms with Gasteiger partial charge in [-0.25, -0.2) is 8.42 Å². The molecule has 0 radical (unpaired) electrons. The van der Waals surface area contributed by atoms with Crippen molar-refractivity contribution >= 4 is 21.5 Å². The van der Waals surface area contributed by atoms with E-state index in [9.17, 15) is 18.0 Å². The van der Waals surface area contributed by atoms with E-state index >= 15 is 0 Å². The summed E-state index contributed by atoms with van der Waals surface area (Å²) in [5, 5.41) is 2.76. The van der Waals surface area contributed by atoms with Crippen molar-refractivity contribution in [3.63, 3.8) is 0 Å². The number of Topliss-reactive ketones (excluding diaryl/α,β-unsaturated/α-hetero) is 1. The Hall–Kier alpha value is -1.89. The summed E-state index contributed by atoms with van der Waals surface area (Å²) in [6.07, 6.45) is 1.88. The molecule has 1 saturated carbocycles. The van der Waals surface area contributed by atoms with Crippen LogP contribution in [0.15, 0.2) is 18.2 Å². The summed E-state index contributed by atoms with van der Waals surface area (Å²) in [5.74, 6) is -0.441. The molecule has 1 aliphatic rings. The Kier molecular flexibility index (Phi) is 5.41. The molecular formula is C16H21NO5S. The number of ether oxygens (including phenoxy) is 1. The van der Waals surface area contributed by atoms with Crippen LogP contribution in [0.2, 0.25) is 0 Å². The molecule has 1 fully saturated rings. The average Bonchev–Trinajstić information content (AvgIpc) is 3.28. The molecule has 6 nitrogen and oxygen atoms in total. The van der Waals surface area contributed by atoms with Crippen LogP contribution in [0.1, 0.15) is 42.1 Å². The molecule has 1 aliphatic carbocycles. The fourth-order valence-electron chi connectivity index (χ4n) is 2.20. The molecule has 0 heterocycles. The number of hydrogen-bond donors (Lipinski definition) is 1. The number of hydrogen-bond acceptors (Lipinski definition) is 5. The Morgan fingerprint density at radius 2 is 2.00 bits per heavy atom. The van der Waals surface area contributed by atoms with Gasteiger partial charge in [0.25, 0.3) is 0 Å². The number of benzene rings is 1. The van der Waals surface area contributed by atoms with Crippen molar-refractivity contribution < 1.29 is 22.7 Å². The first-order chi connectivity index (χ1) is 10.8. The first-order valence-electron chi connectivity index (χ1n) is 7.48. The molecule has 0 spiro atoms. The van der Waals surface area contributed by atoms with Crippen LogP contribution in [0, 0.1) is 0 Å². The third kappa shape index (κ3) is 5.35. The molecule has 0 unspecified atom stereocenters. The first-order valence-corrected chi connectivity index (χ1v) is 9.30. The quantitative estimate of drug-likeness (QED) is 0.725. The summed E-state index contributed by atoms with van der Waals surface area (Å²) in [6, 6.07) is 4.93. The van der Waals surface area contributed by atoms with Crippen LogP contribution in [-0.4, -0.2) is 39.0 Å². The van der Waals surface area contributed by atoms with Crippen LogP contribution < -0.4 is 10.1 Å². The Morgan fingerprint density at radius 1 is 1.30 bits per heavy atom. The van der Waals surface area contributed by atoms with Gasteiger partial charge >= 0.3 is 0 Å². The number of sulfone groups is 1. The smallest absolute Gasteiger partial charge is 0.221 e. The summed E-state index contributed by atoms with van der Waals surface area (Å²) in [7, 11) is -2.03. The monoisotopic (exact) mass is 339 g/mol. The molecule has 7 heteroatoms. The molecule has 1 aromatic rings. The lowest BCUT2D eigenvalue weighted by Gasteiger charge is -2.11. The number of carbonyl (C=O) groups excluding carboxylic acids is 2. The molecule has 1 aromatic carbocycles. The van der Waals surface area contributed by atoms with Crippen molar-refractivity contribution in [3.05, 3.63) is 29.3 Å². The number of amides is 1. The number of methoxy groups -OCH3 is 1. The molecule has 0 bridgehead atoms. The lowest BCUT2D eigenvalue weighted by Crippen LogP contribution is -2.27. The molecule has 23 heavy (non-hydrogen) atoms. The van der Waals surface area contributed by atoms with Crippen LogP contribution in [0.3, 0.4) is 0 Å². The Bertz CT molecular complexity index is 707. The van der Waals surface area contributed by atoms with Crippen molar-refractivity contribution in [2.45, 2.75) is 38.0 Å². The van der Waals surface area contributed by atoms with Crippen molar-refractivity contribution in [1.82, 2.24) is 5.32 Å². The van der Waals surface area contributed by atoms with Gasteiger partial charge in [-0.1, -0.05) is 0 Å². The maximum absolute atomic E-state index is 12.2. The SMILES string of the molecule is COc1ccc(C(C)=O)cc1CS(=O)(=O)CCC(=O)NC1CC1. The first kappa shape index (κ1) is 17.5. The van der Waals surface area contributed by atoms with Gasteiger partial charge in [0.2, 0.25) is 5.91 Å². The van der Waals surface area contributed by atoms with E-state index in [2.05, 4.69) is 5.32 Å². The molecule has 1 N–H and O–H groups in total. The highest BCUT2D eigenvalue weighted by Gasteiger charge is 2.24. The highest BCUT2D eigenvalue weighted by molar-refractivity contribution is 7.90. The van der Waals surface area contributed by atoms with E-state index in [1.807, 2.05) is 0 Å². The summed E-state index contributed by atoms with van der Waals surface area (Å²) in [4.78, 5) is 23.1. The minimum absolute atomic E-state index is 0.0481. The fraction of sp³-hybridized carbons (Fsp3) is 0.500. The Balaban J connectivity index is 2.04. The van der Waals surface area contributed by atoms with E-state index in [4.69, 9.17) is 4.74 Å². The third-order valence-corrected chi connectivity index (χ3v) is 5.22. The summed E-state index contributed by atoms with van der Waals surface area (Å²) in [5.41, 5.74) is 0.866. The molecule has 1 amide bonds. The normalized spacial score (nSPS) is 14.3. The molecule has 0 saturated heterocycles. The van der Waals surface area contributed by atoms with E-state index in [0.29, 0.717) is 16.9 Å². The van der Waals surface area contributed by atoms with E-state index in [1.165, 1.54) is 20.1 Å². The number of rotatable bonds is 8. The lowest BCUT2D eigenvalue weighted by molar-refractivity contribution is -0.120. The van der Waals surface area contributed by atoms with Crippen LogP contribution >= 0.6 is 0 Å². The number of carbonyl (C=O) groups is 2. The molecular weight excluding hydrogens is 318 g/mol. The van der Waals surface area contributed by atoms with Crippen LogP contribution in [-0.2, 0) is 20.4 Å². The second-order valence-corrected chi connectivity index (χ2v) is 7.95. The summed E-state index contributed by atoms with van der Waals surface area (Å²) < 4.78 is 29.6. The maximum Gasteiger partial charge on any atom is 0.221 e. The van der Waals surface area contributed by atoms with Crippen molar-refractivity contribution in [3.8, 4) is 5.75 Å². The van der Waals surface area contributed by atoms with Crippen molar-refractivity contribution in [1.29, 1.82) is 0 Å². The predicted molar refractivity (Wildman–Crippen MR) is 86.3 cm³/mol. The second-order valence-electron chi connectivity index (χ2n) is 5.77. The summed E-state index contributed by atoms with van der Waals surface area (Å²) in [6.45, 7) is 1.42. The largest absolute Gasteiger partial charge is 0.496 e. The number of nitrogens with one attached hydrogen (secondary N) is 1. The van der Waals surface area contributed by atoms with Gasteiger partial charge in [0.05, 0.1) is 18.6 Å². The van der Waals surface area contributed by atoms with Crippen LogP contribution in [0.25, 0.3) is 0 Å². The Morgan fingerprint density at radius 3 is 2.57 bits per heavy atom. The molecule has 0 aliphatic heterocycles. The molecule has 2 rings (SSSR count). The van der Waals surface area contributed by atoms with Gasteiger partial charge in [-0.15, -0.1) is 0 Å². The van der Waals surface area contributed by atoms with Crippen LogP contribution in [0.4, 0.5) is 0 Å². The van der Waals surface area contributed by atoms with Crippen molar-refractivity contribution in [2.75, 3.05) is 12.9 Å². The topological polar surface area (TPSA) is 89.5 Å². The molecule has 0 aromatic heterocycles. The predicted octanol–water partition coefficient (Wildman–Crippen LogP) is 1.48. The standard InChI is InChI=1S/C16H21NO5S/c1-11(18)12-3-6-15(22-2)13(9-12)10-23(20,21)8-7-16(19)17-14-4-5-14/h3,6,9,14H,4-5,7-8,10H2,1-2H3,(H,17,19). The van der Waals surface area contributed by atoms with Gasteiger partial charge in [0, 0.05) is 23.6 Å². The number of ketones is 1. The van der Waals surface area contributed by atoms with E-state index in [1.54, 1.807) is 12.1 Å². The highest BCUT2D eigenvalue weighted by atomic mass is 32.2. The summed E-state index contributed by atoms with van der Waals surface area (Å²) >= 11 is 0. The fourth-order valence-corrected chi connectivity index (χ4v) is 3.54. The van der Waals surface area contributed by atoms with E-state index in [0.717, 1.165) is 12.8 Å². The van der Waals surface area contributed by atoms with Gasteiger partial charge in [-0.2, -0.15) is 0 Å². The van der Waals surface area contributed by atoms with E-state index < -0.39 is 9.84 Å². The maximum atomic E-state index is 12.2. The minimum Gasteiger partial charge on any atom is -0.496 e. The second kappa shape index (κ2) is 7.12. The van der Waals surface area contributed by atoms with Gasteiger partial charge in [-0.3, -0.25) is 9.59 Å². The van der Waals surface area contributed by atoms with Crippen LogP contribution in [0.5, 0.6) is 5.75 Å². The third-order valence-electron chi connectivity index (χ3n) is 3.64. The zero-order valence-electron chi connectivity index (χ0n) is 13.3. The molecule has 126 valence electrons. The van der Waals surface area contributed by atoms with Gasteiger partial charge in [0.15, 0.2) is 15.6 Å². The molecule has 0 atom stereocenters. The van der Waals surface area contributed by atoms with Gasteiger partial charge in [-0.05, 0) is 38.0 Å². The zero-order chi connectivity index (χ0) is 17.0. The Labute approximate surface area is 136 Å².